The van der Waals surface area contributed by atoms with Crippen LogP contribution < -0.4 is 14.8 Å². The number of benzene rings is 2. The highest BCUT2D eigenvalue weighted by molar-refractivity contribution is 7.91. The van der Waals surface area contributed by atoms with E-state index in [4.69, 9.17) is 9.47 Å². The third-order valence-corrected chi connectivity index (χ3v) is 6.62. The second-order valence-corrected chi connectivity index (χ2v) is 8.90. The van der Waals surface area contributed by atoms with Crippen LogP contribution in [0.4, 0.5) is 0 Å². The van der Waals surface area contributed by atoms with Gasteiger partial charge in [0.1, 0.15) is 0 Å². The van der Waals surface area contributed by atoms with Gasteiger partial charge in [-0.1, -0.05) is 12.1 Å². The lowest BCUT2D eigenvalue weighted by molar-refractivity contribution is 0.0950. The molecule has 1 N–H and O–H groups in total. The van der Waals surface area contributed by atoms with Gasteiger partial charge in [-0.15, -0.1) is 0 Å². The first-order chi connectivity index (χ1) is 14.3. The molecule has 0 atom stereocenters. The molecule has 30 heavy (non-hydrogen) atoms. The van der Waals surface area contributed by atoms with Crippen molar-refractivity contribution in [2.24, 2.45) is 0 Å². The van der Waals surface area contributed by atoms with Gasteiger partial charge in [-0.3, -0.25) is 4.79 Å². The van der Waals surface area contributed by atoms with Crippen LogP contribution in [0.2, 0.25) is 0 Å². The molecule has 2 aromatic carbocycles. The smallest absolute Gasteiger partial charge is 0.253 e. The molecular formula is C22H20N2O5S. The predicted molar refractivity (Wildman–Crippen MR) is 109 cm³/mol. The topological polar surface area (TPSA) is 94.6 Å². The Morgan fingerprint density at radius 3 is 2.53 bits per heavy atom. The number of hydrogen-bond donors (Lipinski definition) is 1. The average molecular weight is 424 g/mol. The lowest BCUT2D eigenvalue weighted by Gasteiger charge is -2.08. The van der Waals surface area contributed by atoms with Gasteiger partial charge in [-0.2, -0.15) is 0 Å². The summed E-state index contributed by atoms with van der Waals surface area (Å²) in [5.74, 6) is 0.967. The number of sulfone groups is 1. The first-order valence-corrected chi connectivity index (χ1v) is 10.8. The molecule has 7 nitrogen and oxygen atoms in total. The van der Waals surface area contributed by atoms with E-state index in [9.17, 15) is 13.2 Å². The summed E-state index contributed by atoms with van der Waals surface area (Å²) >= 11 is 0. The minimum absolute atomic E-state index is 0.0990. The third kappa shape index (κ3) is 3.86. The maximum atomic E-state index is 12.8. The molecule has 1 aliphatic rings. The second kappa shape index (κ2) is 7.79. The fourth-order valence-corrected chi connectivity index (χ4v) is 4.27. The number of carbonyl (C=O) groups is 1. The highest BCUT2D eigenvalue weighted by Crippen LogP contribution is 2.32. The Morgan fingerprint density at radius 1 is 1.00 bits per heavy atom. The number of rotatable bonds is 5. The standard InChI is InChI=1S/C22H20N2O5S/c1-14-3-6-18(9-15(14)2)30(26,27)21-8-5-17(12-23-21)22(25)24-11-16-4-7-19-20(10-16)29-13-28-19/h3-10,12H,11,13H2,1-2H3,(H,24,25). The summed E-state index contributed by atoms with van der Waals surface area (Å²) in [6, 6.07) is 13.2. The van der Waals surface area contributed by atoms with Crippen LogP contribution in [0.25, 0.3) is 0 Å². The van der Waals surface area contributed by atoms with Crippen LogP contribution in [0.5, 0.6) is 11.5 Å². The maximum absolute atomic E-state index is 12.8. The van der Waals surface area contributed by atoms with Crippen LogP contribution in [-0.4, -0.2) is 26.1 Å². The van der Waals surface area contributed by atoms with Crippen molar-refractivity contribution in [1.82, 2.24) is 10.3 Å². The van der Waals surface area contributed by atoms with Crippen molar-refractivity contribution in [3.63, 3.8) is 0 Å². The van der Waals surface area contributed by atoms with E-state index in [1.165, 1.54) is 18.3 Å². The van der Waals surface area contributed by atoms with E-state index in [-0.39, 0.29) is 34.7 Å². The lowest BCUT2D eigenvalue weighted by atomic mass is 10.1. The first kappa shape index (κ1) is 19.9. The van der Waals surface area contributed by atoms with E-state index < -0.39 is 9.84 Å². The van der Waals surface area contributed by atoms with Crippen LogP contribution >= 0.6 is 0 Å². The van der Waals surface area contributed by atoms with Gasteiger partial charge in [0.15, 0.2) is 16.5 Å². The molecule has 0 fully saturated rings. The molecule has 0 saturated carbocycles. The van der Waals surface area contributed by atoms with E-state index in [1.54, 1.807) is 30.3 Å². The molecule has 0 aliphatic carbocycles. The maximum Gasteiger partial charge on any atom is 0.253 e. The van der Waals surface area contributed by atoms with Crippen molar-refractivity contribution >= 4 is 15.7 Å². The van der Waals surface area contributed by atoms with Crippen molar-refractivity contribution in [2.45, 2.75) is 30.3 Å². The summed E-state index contributed by atoms with van der Waals surface area (Å²) in [5, 5.41) is 2.69. The number of aryl methyl sites for hydroxylation is 2. The van der Waals surface area contributed by atoms with Crippen LogP contribution in [-0.2, 0) is 16.4 Å². The zero-order valence-corrected chi connectivity index (χ0v) is 17.3. The first-order valence-electron chi connectivity index (χ1n) is 9.30. The Labute approximate surface area is 174 Å². The Bertz CT molecular complexity index is 1220. The molecule has 0 unspecified atom stereocenters. The molecule has 1 amide bonds. The summed E-state index contributed by atoms with van der Waals surface area (Å²) in [4.78, 5) is 16.6. The molecule has 2 heterocycles. The van der Waals surface area contributed by atoms with Gasteiger partial charge in [-0.05, 0) is 66.9 Å². The van der Waals surface area contributed by atoms with Gasteiger partial charge in [-0.25, -0.2) is 13.4 Å². The molecular weight excluding hydrogens is 404 g/mol. The van der Waals surface area contributed by atoms with Gasteiger partial charge in [0.05, 0.1) is 10.5 Å². The highest BCUT2D eigenvalue weighted by Gasteiger charge is 2.20. The van der Waals surface area contributed by atoms with Crippen molar-refractivity contribution in [1.29, 1.82) is 0 Å². The minimum Gasteiger partial charge on any atom is -0.454 e. The van der Waals surface area contributed by atoms with E-state index in [0.717, 1.165) is 16.7 Å². The lowest BCUT2D eigenvalue weighted by Crippen LogP contribution is -2.23. The second-order valence-electron chi connectivity index (χ2n) is 7.00. The molecule has 8 heteroatoms. The fourth-order valence-electron chi connectivity index (χ4n) is 3.01. The van der Waals surface area contributed by atoms with Gasteiger partial charge < -0.3 is 14.8 Å². The number of amides is 1. The zero-order chi connectivity index (χ0) is 21.3. The van der Waals surface area contributed by atoms with Gasteiger partial charge in [0.25, 0.3) is 5.91 Å². The molecule has 1 aromatic heterocycles. The van der Waals surface area contributed by atoms with E-state index >= 15 is 0 Å². The molecule has 3 aromatic rings. The Hall–Kier alpha value is -3.39. The minimum atomic E-state index is -3.75. The van der Waals surface area contributed by atoms with Crippen LogP contribution in [0.3, 0.4) is 0 Å². The number of ether oxygens (including phenoxy) is 2. The number of carbonyl (C=O) groups excluding carboxylic acids is 1. The molecule has 0 bridgehead atoms. The van der Waals surface area contributed by atoms with Crippen LogP contribution in [0, 0.1) is 13.8 Å². The number of nitrogens with one attached hydrogen (secondary N) is 1. The average Bonchev–Trinajstić information content (AvgIpc) is 3.22. The normalized spacial score (nSPS) is 12.6. The van der Waals surface area contributed by atoms with Crippen molar-refractivity contribution in [3.05, 3.63) is 77.0 Å². The van der Waals surface area contributed by atoms with Crippen molar-refractivity contribution in [2.75, 3.05) is 6.79 Å². The van der Waals surface area contributed by atoms with Gasteiger partial charge in [0.2, 0.25) is 16.6 Å². The van der Waals surface area contributed by atoms with Crippen molar-refractivity contribution in [3.8, 4) is 11.5 Å². The summed E-state index contributed by atoms with van der Waals surface area (Å²) < 4.78 is 36.2. The number of nitrogens with zero attached hydrogens (tertiary/aromatic N) is 1. The molecule has 0 saturated heterocycles. The molecule has 0 radical (unpaired) electrons. The summed E-state index contributed by atoms with van der Waals surface area (Å²) in [6.45, 7) is 4.25. The Morgan fingerprint density at radius 2 is 1.80 bits per heavy atom. The highest BCUT2D eigenvalue weighted by atomic mass is 32.2. The number of hydrogen-bond acceptors (Lipinski definition) is 6. The molecule has 4 rings (SSSR count). The van der Waals surface area contributed by atoms with Crippen molar-refractivity contribution < 1.29 is 22.7 Å². The third-order valence-electron chi connectivity index (χ3n) is 4.95. The van der Waals surface area contributed by atoms with E-state index in [1.807, 2.05) is 19.9 Å². The Balaban J connectivity index is 1.46. The summed E-state index contributed by atoms with van der Waals surface area (Å²) in [7, 11) is -3.75. The van der Waals surface area contributed by atoms with E-state index in [0.29, 0.717) is 11.5 Å². The van der Waals surface area contributed by atoms with Gasteiger partial charge >= 0.3 is 0 Å². The zero-order valence-electron chi connectivity index (χ0n) is 16.5. The van der Waals surface area contributed by atoms with Crippen LogP contribution in [0.15, 0.2) is 64.6 Å². The SMILES string of the molecule is Cc1ccc(S(=O)(=O)c2ccc(C(=O)NCc3ccc4c(c3)OCO4)cn2)cc1C. The molecule has 1 aliphatic heterocycles. The number of pyridine rings is 1. The quantitative estimate of drug-likeness (QED) is 0.676. The molecule has 154 valence electrons. The van der Waals surface area contributed by atoms with Crippen LogP contribution in [0.1, 0.15) is 27.0 Å². The van der Waals surface area contributed by atoms with E-state index in [2.05, 4.69) is 10.3 Å². The Kier molecular flexibility index (Phi) is 5.17. The number of aromatic nitrogens is 1. The summed E-state index contributed by atoms with van der Waals surface area (Å²) in [5.41, 5.74) is 3.02. The van der Waals surface area contributed by atoms with Gasteiger partial charge in [0, 0.05) is 12.7 Å². The number of fused-ring (bicyclic) bond motifs is 1. The monoisotopic (exact) mass is 424 g/mol. The molecule has 0 spiro atoms. The summed E-state index contributed by atoms with van der Waals surface area (Å²) in [6.07, 6.45) is 1.27. The largest absolute Gasteiger partial charge is 0.454 e. The fraction of sp³-hybridized carbons (Fsp3) is 0.182. The predicted octanol–water partition coefficient (Wildman–Crippen LogP) is 3.19.